The average Bonchev–Trinajstić information content (AvgIpc) is 3.37. The molecule has 0 saturated carbocycles. The Morgan fingerprint density at radius 2 is 2.08 bits per heavy atom. The maximum atomic E-state index is 12.2. The molecule has 0 fully saturated rings. The Labute approximate surface area is 152 Å². The van der Waals surface area contributed by atoms with Gasteiger partial charge in [-0.1, -0.05) is 12.1 Å². The number of aromatic nitrogens is 3. The minimum atomic E-state index is -0.123. The third kappa shape index (κ3) is 3.62. The van der Waals surface area contributed by atoms with E-state index in [-0.39, 0.29) is 5.91 Å². The van der Waals surface area contributed by atoms with Gasteiger partial charge in [-0.15, -0.1) is 11.3 Å². The van der Waals surface area contributed by atoms with Crippen LogP contribution in [0, 0.1) is 0 Å². The maximum absolute atomic E-state index is 12.2. The number of amides is 1. The van der Waals surface area contributed by atoms with Gasteiger partial charge in [-0.05, 0) is 30.0 Å². The summed E-state index contributed by atoms with van der Waals surface area (Å²) in [4.78, 5) is 24.4. The summed E-state index contributed by atoms with van der Waals surface area (Å²) in [6.07, 6.45) is 1.62. The van der Waals surface area contributed by atoms with Crippen molar-refractivity contribution < 1.29 is 4.79 Å². The van der Waals surface area contributed by atoms with Crippen molar-refractivity contribution >= 4 is 39.6 Å². The van der Waals surface area contributed by atoms with E-state index in [1.165, 1.54) is 11.3 Å². The lowest BCUT2D eigenvalue weighted by molar-refractivity contribution is 0.0949. The lowest BCUT2D eigenvalue weighted by Crippen LogP contribution is -2.25. The summed E-state index contributed by atoms with van der Waals surface area (Å²) >= 11 is 3.12. The van der Waals surface area contributed by atoms with E-state index >= 15 is 0 Å². The lowest BCUT2D eigenvalue weighted by atomic mass is 10.3. The standard InChI is InChI=1S/C18H16N4OS2/c23-17(15-11-25-18(22-15)12-7-9-24-10-12)19-8-3-6-16-20-13-4-1-2-5-14(13)21-16/h1-2,4-5,7,9-11H,3,6,8H2,(H,19,23)(H,20,21). The molecule has 0 radical (unpaired) electrons. The minimum absolute atomic E-state index is 0.123. The molecule has 0 atom stereocenters. The largest absolute Gasteiger partial charge is 0.351 e. The van der Waals surface area contributed by atoms with E-state index in [4.69, 9.17) is 0 Å². The lowest BCUT2D eigenvalue weighted by Gasteiger charge is -2.01. The number of aryl methyl sites for hydroxylation is 1. The van der Waals surface area contributed by atoms with E-state index in [1.807, 2.05) is 46.5 Å². The summed E-state index contributed by atoms with van der Waals surface area (Å²) in [5.74, 6) is 0.825. The van der Waals surface area contributed by atoms with Crippen LogP contribution in [0.3, 0.4) is 0 Å². The van der Waals surface area contributed by atoms with Gasteiger partial charge in [0.25, 0.3) is 5.91 Å². The molecule has 3 aromatic heterocycles. The second kappa shape index (κ2) is 7.16. The molecule has 0 bridgehead atoms. The van der Waals surface area contributed by atoms with E-state index in [1.54, 1.807) is 11.3 Å². The van der Waals surface area contributed by atoms with E-state index < -0.39 is 0 Å². The van der Waals surface area contributed by atoms with Crippen molar-refractivity contribution in [3.8, 4) is 10.6 Å². The molecule has 1 aromatic carbocycles. The van der Waals surface area contributed by atoms with Crippen LogP contribution in [0.25, 0.3) is 21.6 Å². The molecule has 1 amide bonds. The van der Waals surface area contributed by atoms with Gasteiger partial charge in [-0.3, -0.25) is 4.79 Å². The Morgan fingerprint density at radius 1 is 1.16 bits per heavy atom. The number of carbonyl (C=O) groups excluding carboxylic acids is 1. The number of imidazole rings is 1. The average molecular weight is 368 g/mol. The van der Waals surface area contributed by atoms with Gasteiger partial charge >= 0.3 is 0 Å². The van der Waals surface area contributed by atoms with E-state index in [2.05, 4.69) is 20.3 Å². The van der Waals surface area contributed by atoms with Crippen LogP contribution in [0.15, 0.2) is 46.5 Å². The maximum Gasteiger partial charge on any atom is 0.270 e. The van der Waals surface area contributed by atoms with Crippen molar-refractivity contribution in [2.24, 2.45) is 0 Å². The van der Waals surface area contributed by atoms with E-state index in [0.29, 0.717) is 12.2 Å². The first-order valence-electron chi connectivity index (χ1n) is 7.99. The molecule has 0 spiro atoms. The summed E-state index contributed by atoms with van der Waals surface area (Å²) in [5, 5.41) is 9.66. The molecule has 4 aromatic rings. The first-order chi connectivity index (χ1) is 12.3. The predicted molar refractivity (Wildman–Crippen MR) is 102 cm³/mol. The Kier molecular flexibility index (Phi) is 4.58. The Balaban J connectivity index is 1.29. The second-order valence-corrected chi connectivity index (χ2v) is 7.25. The third-order valence-corrected chi connectivity index (χ3v) is 5.39. The minimum Gasteiger partial charge on any atom is -0.351 e. The highest BCUT2D eigenvalue weighted by atomic mass is 32.1. The van der Waals surface area contributed by atoms with Crippen molar-refractivity contribution in [2.75, 3.05) is 6.54 Å². The number of para-hydroxylation sites is 2. The number of rotatable bonds is 6. The molecule has 0 saturated heterocycles. The quantitative estimate of drug-likeness (QED) is 0.503. The molecule has 0 unspecified atom stereocenters. The number of hydrogen-bond acceptors (Lipinski definition) is 5. The summed E-state index contributed by atoms with van der Waals surface area (Å²) in [7, 11) is 0. The van der Waals surface area contributed by atoms with Crippen molar-refractivity contribution in [2.45, 2.75) is 12.8 Å². The first kappa shape index (κ1) is 16.0. The zero-order chi connectivity index (χ0) is 17.1. The first-order valence-corrected chi connectivity index (χ1v) is 9.82. The molecule has 2 N–H and O–H groups in total. The van der Waals surface area contributed by atoms with Crippen molar-refractivity contribution in [3.63, 3.8) is 0 Å². The molecule has 4 rings (SSSR count). The summed E-state index contributed by atoms with van der Waals surface area (Å²) in [6.45, 7) is 0.598. The highest BCUT2D eigenvalue weighted by Crippen LogP contribution is 2.25. The number of nitrogens with one attached hydrogen (secondary N) is 2. The van der Waals surface area contributed by atoms with E-state index in [0.717, 1.165) is 40.3 Å². The van der Waals surface area contributed by atoms with Gasteiger partial charge in [-0.2, -0.15) is 11.3 Å². The number of nitrogens with zero attached hydrogens (tertiary/aromatic N) is 2. The molecule has 0 aliphatic rings. The highest BCUT2D eigenvalue weighted by Gasteiger charge is 2.11. The summed E-state index contributed by atoms with van der Waals surface area (Å²) in [6, 6.07) is 9.98. The zero-order valence-corrected chi connectivity index (χ0v) is 15.0. The molecule has 3 heterocycles. The van der Waals surface area contributed by atoms with Crippen molar-refractivity contribution in [3.05, 3.63) is 58.0 Å². The SMILES string of the molecule is O=C(NCCCc1nc2ccccc2[nH]1)c1csc(-c2ccsc2)n1. The zero-order valence-electron chi connectivity index (χ0n) is 13.4. The van der Waals surface area contributed by atoms with Crippen LogP contribution in [-0.2, 0) is 6.42 Å². The molecular weight excluding hydrogens is 352 g/mol. The number of thiazole rings is 1. The normalized spacial score (nSPS) is 11.0. The van der Waals surface area contributed by atoms with Gasteiger partial charge in [0, 0.05) is 29.3 Å². The number of carbonyl (C=O) groups is 1. The number of fused-ring (bicyclic) bond motifs is 1. The van der Waals surface area contributed by atoms with Gasteiger partial charge in [0.05, 0.1) is 11.0 Å². The van der Waals surface area contributed by atoms with Gasteiger partial charge in [0.1, 0.15) is 16.5 Å². The van der Waals surface area contributed by atoms with Gasteiger partial charge in [0.2, 0.25) is 0 Å². The van der Waals surface area contributed by atoms with Gasteiger partial charge in [-0.25, -0.2) is 9.97 Å². The van der Waals surface area contributed by atoms with Crippen LogP contribution in [0.1, 0.15) is 22.7 Å². The van der Waals surface area contributed by atoms with Crippen LogP contribution in [-0.4, -0.2) is 27.4 Å². The molecule has 0 aliphatic heterocycles. The Morgan fingerprint density at radius 3 is 2.92 bits per heavy atom. The predicted octanol–water partition coefficient (Wildman–Crippen LogP) is 4.11. The second-order valence-electron chi connectivity index (χ2n) is 5.61. The number of aromatic amines is 1. The number of hydrogen-bond donors (Lipinski definition) is 2. The van der Waals surface area contributed by atoms with E-state index in [9.17, 15) is 4.79 Å². The Hall–Kier alpha value is -2.51. The third-order valence-electron chi connectivity index (χ3n) is 3.82. The van der Waals surface area contributed by atoms with Crippen LogP contribution >= 0.6 is 22.7 Å². The summed E-state index contributed by atoms with van der Waals surface area (Å²) < 4.78 is 0. The molecule has 126 valence electrons. The topological polar surface area (TPSA) is 70.7 Å². The highest BCUT2D eigenvalue weighted by molar-refractivity contribution is 7.14. The molecule has 25 heavy (non-hydrogen) atoms. The van der Waals surface area contributed by atoms with Crippen LogP contribution < -0.4 is 5.32 Å². The van der Waals surface area contributed by atoms with Crippen LogP contribution in [0.5, 0.6) is 0 Å². The smallest absolute Gasteiger partial charge is 0.270 e. The van der Waals surface area contributed by atoms with Gasteiger partial charge < -0.3 is 10.3 Å². The number of thiophene rings is 1. The number of H-pyrrole nitrogens is 1. The molecule has 7 heteroatoms. The molecular formula is C18H16N4OS2. The van der Waals surface area contributed by atoms with Crippen molar-refractivity contribution in [1.82, 2.24) is 20.3 Å². The number of benzene rings is 1. The van der Waals surface area contributed by atoms with Crippen LogP contribution in [0.2, 0.25) is 0 Å². The van der Waals surface area contributed by atoms with Crippen LogP contribution in [0.4, 0.5) is 0 Å². The summed E-state index contributed by atoms with van der Waals surface area (Å²) in [5.41, 5.74) is 3.57. The fraction of sp³-hybridized carbons (Fsp3) is 0.167. The fourth-order valence-electron chi connectivity index (χ4n) is 2.57. The monoisotopic (exact) mass is 368 g/mol. The van der Waals surface area contributed by atoms with Crippen molar-refractivity contribution in [1.29, 1.82) is 0 Å². The fourth-order valence-corrected chi connectivity index (χ4v) is 4.08. The molecule has 5 nitrogen and oxygen atoms in total. The Bertz CT molecular complexity index is 955. The molecule has 0 aliphatic carbocycles. The van der Waals surface area contributed by atoms with Gasteiger partial charge in [0.15, 0.2) is 0 Å².